The number of ether oxygens (including phenoxy) is 3. The first-order chi connectivity index (χ1) is 16.2. The molecule has 7 nitrogen and oxygen atoms in total. The number of fused-ring (bicyclic) bond motifs is 3. The Morgan fingerprint density at radius 2 is 1.59 bits per heavy atom. The Hall–Kier alpha value is -3.61. The number of amides is 1. The van der Waals surface area contributed by atoms with Crippen LogP contribution in [0.2, 0.25) is 0 Å². The maximum absolute atomic E-state index is 12.6. The van der Waals surface area contributed by atoms with E-state index in [0.717, 1.165) is 22.3 Å². The summed E-state index contributed by atoms with van der Waals surface area (Å²) < 4.78 is 15.9. The molecule has 180 valence electrons. The fourth-order valence-electron chi connectivity index (χ4n) is 3.93. The maximum Gasteiger partial charge on any atom is 0.407 e. The van der Waals surface area contributed by atoms with Crippen LogP contribution in [0.25, 0.3) is 11.1 Å². The molecule has 0 aliphatic heterocycles. The van der Waals surface area contributed by atoms with Gasteiger partial charge in [-0.25, -0.2) is 9.59 Å². The Bertz CT molecular complexity index is 1010. The van der Waals surface area contributed by atoms with Crippen molar-refractivity contribution in [2.45, 2.75) is 51.2 Å². The molecule has 1 aliphatic rings. The summed E-state index contributed by atoms with van der Waals surface area (Å²) >= 11 is 0. The minimum Gasteiger partial charge on any atom is -0.460 e. The van der Waals surface area contributed by atoms with E-state index >= 15 is 0 Å². The molecule has 1 N–H and O–H groups in total. The maximum atomic E-state index is 12.6. The molecule has 7 heteroatoms. The Morgan fingerprint density at radius 3 is 2.15 bits per heavy atom. The van der Waals surface area contributed by atoms with E-state index in [1.807, 2.05) is 36.4 Å². The average molecular weight is 466 g/mol. The lowest BCUT2D eigenvalue weighted by Gasteiger charge is -2.21. The third-order valence-electron chi connectivity index (χ3n) is 5.32. The summed E-state index contributed by atoms with van der Waals surface area (Å²) in [4.78, 5) is 37.1. The Kier molecular flexibility index (Phi) is 8.10. The van der Waals surface area contributed by atoms with Gasteiger partial charge in [0.05, 0.1) is 0 Å². The molecular weight excluding hydrogens is 434 g/mol. The molecular formula is C27H31NO6. The van der Waals surface area contributed by atoms with E-state index in [-0.39, 0.29) is 32.0 Å². The van der Waals surface area contributed by atoms with Crippen LogP contribution in [-0.4, -0.2) is 42.9 Å². The molecule has 1 atom stereocenters. The van der Waals surface area contributed by atoms with Gasteiger partial charge in [0.15, 0.2) is 0 Å². The first-order valence-corrected chi connectivity index (χ1v) is 11.3. The molecule has 2 aromatic rings. The topological polar surface area (TPSA) is 90.9 Å². The third kappa shape index (κ3) is 6.47. The highest BCUT2D eigenvalue weighted by Gasteiger charge is 2.30. The SMILES string of the molecule is C=CCOC(=O)[C@H](CCC(=O)OC(C)(C)C)NC(=O)OCC1c2ccccc2-c2ccccc21. The Labute approximate surface area is 200 Å². The molecule has 0 radical (unpaired) electrons. The summed E-state index contributed by atoms with van der Waals surface area (Å²) in [6.45, 7) is 8.90. The zero-order valence-corrected chi connectivity index (χ0v) is 19.8. The second-order valence-corrected chi connectivity index (χ2v) is 9.07. The van der Waals surface area contributed by atoms with Crippen molar-refractivity contribution in [3.05, 3.63) is 72.3 Å². The van der Waals surface area contributed by atoms with Crippen LogP contribution in [0, 0.1) is 0 Å². The fourth-order valence-corrected chi connectivity index (χ4v) is 3.93. The van der Waals surface area contributed by atoms with Crippen LogP contribution in [0.5, 0.6) is 0 Å². The highest BCUT2D eigenvalue weighted by Crippen LogP contribution is 2.44. The Balaban J connectivity index is 1.63. The summed E-state index contributed by atoms with van der Waals surface area (Å²) in [5.74, 6) is -1.24. The molecule has 1 amide bonds. The number of rotatable bonds is 9. The lowest BCUT2D eigenvalue weighted by molar-refractivity contribution is -0.155. The van der Waals surface area contributed by atoms with Crippen LogP contribution in [0.4, 0.5) is 4.79 Å². The molecule has 0 unspecified atom stereocenters. The van der Waals surface area contributed by atoms with Gasteiger partial charge in [0.2, 0.25) is 0 Å². The van der Waals surface area contributed by atoms with Gasteiger partial charge in [-0.1, -0.05) is 61.2 Å². The first-order valence-electron chi connectivity index (χ1n) is 11.3. The molecule has 0 aromatic heterocycles. The molecule has 0 bridgehead atoms. The first kappa shape index (κ1) is 25.0. The smallest absolute Gasteiger partial charge is 0.407 e. The van der Waals surface area contributed by atoms with Crippen molar-refractivity contribution in [2.24, 2.45) is 0 Å². The summed E-state index contributed by atoms with van der Waals surface area (Å²) in [6, 6.07) is 15.0. The molecule has 0 saturated heterocycles. The molecule has 1 aliphatic carbocycles. The van der Waals surface area contributed by atoms with Gasteiger partial charge in [0.25, 0.3) is 0 Å². The van der Waals surface area contributed by atoms with Crippen LogP contribution >= 0.6 is 0 Å². The van der Waals surface area contributed by atoms with Gasteiger partial charge in [-0.2, -0.15) is 0 Å². The van der Waals surface area contributed by atoms with Gasteiger partial charge in [0.1, 0.15) is 24.9 Å². The molecule has 0 heterocycles. The number of hydrogen-bond acceptors (Lipinski definition) is 6. The minimum absolute atomic E-state index is 0.00581. The molecule has 0 fully saturated rings. The molecule has 2 aromatic carbocycles. The normalized spacial score (nSPS) is 13.3. The van der Waals surface area contributed by atoms with Gasteiger partial charge in [0, 0.05) is 12.3 Å². The standard InChI is InChI=1S/C27H31NO6/c1-5-16-32-25(30)23(14-15-24(29)34-27(2,3)4)28-26(31)33-17-22-20-12-8-6-10-18(20)19-11-7-9-13-21(19)22/h5-13,22-23H,1,14-17H2,2-4H3,(H,28,31)/t23-/m0/s1. The van der Waals surface area contributed by atoms with Crippen molar-refractivity contribution >= 4 is 18.0 Å². The fraction of sp³-hybridized carbons (Fsp3) is 0.370. The minimum atomic E-state index is -1.05. The lowest BCUT2D eigenvalue weighted by Crippen LogP contribution is -2.43. The summed E-state index contributed by atoms with van der Waals surface area (Å²) in [6.07, 6.45) is 0.631. The number of nitrogens with one attached hydrogen (secondary N) is 1. The number of esters is 2. The van der Waals surface area contributed by atoms with Crippen LogP contribution in [0.1, 0.15) is 50.7 Å². The zero-order valence-electron chi connectivity index (χ0n) is 19.8. The van der Waals surface area contributed by atoms with Gasteiger partial charge in [-0.05, 0) is 49.4 Å². The van der Waals surface area contributed by atoms with Crippen molar-refractivity contribution in [1.82, 2.24) is 5.32 Å². The molecule has 3 rings (SSSR count). The highest BCUT2D eigenvalue weighted by molar-refractivity contribution is 5.83. The number of hydrogen-bond donors (Lipinski definition) is 1. The monoisotopic (exact) mass is 465 g/mol. The molecule has 34 heavy (non-hydrogen) atoms. The van der Waals surface area contributed by atoms with Gasteiger partial charge >= 0.3 is 18.0 Å². The molecule has 0 saturated carbocycles. The van der Waals surface area contributed by atoms with Gasteiger partial charge < -0.3 is 19.5 Å². The number of carbonyl (C=O) groups excluding carboxylic acids is 3. The largest absolute Gasteiger partial charge is 0.460 e. The summed E-state index contributed by atoms with van der Waals surface area (Å²) in [5, 5.41) is 2.54. The van der Waals surface area contributed by atoms with Crippen molar-refractivity contribution in [3.8, 4) is 11.1 Å². The van der Waals surface area contributed by atoms with Crippen LogP contribution in [0.3, 0.4) is 0 Å². The summed E-state index contributed by atoms with van der Waals surface area (Å²) in [5.41, 5.74) is 3.77. The Morgan fingerprint density at radius 1 is 1.00 bits per heavy atom. The van der Waals surface area contributed by atoms with Gasteiger partial charge in [-0.3, -0.25) is 4.79 Å². The quantitative estimate of drug-likeness (QED) is 0.327. The zero-order chi connectivity index (χ0) is 24.7. The van der Waals surface area contributed by atoms with E-state index in [1.54, 1.807) is 20.8 Å². The summed E-state index contributed by atoms with van der Waals surface area (Å²) in [7, 11) is 0. The third-order valence-corrected chi connectivity index (χ3v) is 5.32. The van der Waals surface area contributed by atoms with E-state index in [0.29, 0.717) is 0 Å². The van der Waals surface area contributed by atoms with E-state index < -0.39 is 29.7 Å². The average Bonchev–Trinajstić information content (AvgIpc) is 3.11. The van der Waals surface area contributed by atoms with Crippen LogP contribution < -0.4 is 5.32 Å². The van der Waals surface area contributed by atoms with Crippen molar-refractivity contribution < 1.29 is 28.6 Å². The second-order valence-electron chi connectivity index (χ2n) is 9.07. The van der Waals surface area contributed by atoms with E-state index in [9.17, 15) is 14.4 Å². The molecule has 0 spiro atoms. The van der Waals surface area contributed by atoms with E-state index in [4.69, 9.17) is 14.2 Å². The number of carbonyl (C=O) groups is 3. The van der Waals surface area contributed by atoms with Crippen LogP contribution in [0.15, 0.2) is 61.2 Å². The van der Waals surface area contributed by atoms with E-state index in [2.05, 4.69) is 24.0 Å². The predicted molar refractivity (Wildman–Crippen MR) is 128 cm³/mol. The van der Waals surface area contributed by atoms with Crippen molar-refractivity contribution in [1.29, 1.82) is 0 Å². The number of alkyl carbamates (subject to hydrolysis) is 1. The van der Waals surface area contributed by atoms with Crippen molar-refractivity contribution in [2.75, 3.05) is 13.2 Å². The predicted octanol–water partition coefficient (Wildman–Crippen LogP) is 4.74. The van der Waals surface area contributed by atoms with Crippen molar-refractivity contribution in [3.63, 3.8) is 0 Å². The highest BCUT2D eigenvalue weighted by atomic mass is 16.6. The van der Waals surface area contributed by atoms with Crippen LogP contribution in [-0.2, 0) is 23.8 Å². The van der Waals surface area contributed by atoms with E-state index in [1.165, 1.54) is 6.08 Å². The lowest BCUT2D eigenvalue weighted by atomic mass is 9.98. The number of benzene rings is 2. The van der Waals surface area contributed by atoms with Gasteiger partial charge in [-0.15, -0.1) is 0 Å². The second kappa shape index (κ2) is 11.0.